The Hall–Kier alpha value is -1.37. The molecule has 3 rings (SSSR count). The molecule has 130 valence electrons. The standard InChI is InChI=1S/C18H23NO3S2/c1-22-16-8-6-15(7-9-16)13-24(20,21)19-14-18(10-2-3-11-18)17-5-4-12-23-17/h4-9,12,19H,2-3,10-11,13-14H2,1H3. The largest absolute Gasteiger partial charge is 0.497 e. The van der Waals surface area contributed by atoms with E-state index in [9.17, 15) is 8.42 Å². The molecule has 0 bridgehead atoms. The fourth-order valence-corrected chi connectivity index (χ4v) is 5.60. The van der Waals surface area contributed by atoms with Gasteiger partial charge in [0.2, 0.25) is 10.0 Å². The van der Waals surface area contributed by atoms with Gasteiger partial charge in [0, 0.05) is 16.8 Å². The number of methoxy groups -OCH3 is 1. The summed E-state index contributed by atoms with van der Waals surface area (Å²) in [5, 5.41) is 2.07. The second-order valence-corrected chi connectivity index (χ2v) is 9.15. The summed E-state index contributed by atoms with van der Waals surface area (Å²) in [6.45, 7) is 0.492. The number of rotatable bonds is 7. The zero-order valence-electron chi connectivity index (χ0n) is 13.8. The van der Waals surface area contributed by atoms with Crippen molar-refractivity contribution in [1.29, 1.82) is 0 Å². The second kappa shape index (κ2) is 7.25. The van der Waals surface area contributed by atoms with Gasteiger partial charge >= 0.3 is 0 Å². The minimum atomic E-state index is -3.36. The van der Waals surface area contributed by atoms with Gasteiger partial charge in [-0.1, -0.05) is 31.0 Å². The molecule has 0 saturated heterocycles. The Balaban J connectivity index is 1.67. The van der Waals surface area contributed by atoms with Gasteiger partial charge in [-0.05, 0) is 42.0 Å². The summed E-state index contributed by atoms with van der Waals surface area (Å²) in [6.07, 6.45) is 4.44. The lowest BCUT2D eigenvalue weighted by atomic mass is 9.85. The topological polar surface area (TPSA) is 55.4 Å². The van der Waals surface area contributed by atoms with Gasteiger partial charge in [0.25, 0.3) is 0 Å². The van der Waals surface area contributed by atoms with Crippen LogP contribution < -0.4 is 9.46 Å². The molecule has 1 heterocycles. The molecule has 1 aromatic heterocycles. The molecule has 2 aromatic rings. The van der Waals surface area contributed by atoms with E-state index in [1.165, 1.54) is 4.88 Å². The summed E-state index contributed by atoms with van der Waals surface area (Å²) >= 11 is 1.73. The van der Waals surface area contributed by atoms with Crippen molar-refractivity contribution in [2.45, 2.75) is 36.9 Å². The molecule has 0 aliphatic heterocycles. The number of hydrogen-bond donors (Lipinski definition) is 1. The van der Waals surface area contributed by atoms with Crippen molar-refractivity contribution in [3.63, 3.8) is 0 Å². The minimum absolute atomic E-state index is 0.00247. The molecule has 24 heavy (non-hydrogen) atoms. The molecule has 1 aliphatic rings. The highest BCUT2D eigenvalue weighted by molar-refractivity contribution is 7.88. The molecule has 1 fully saturated rings. The average Bonchev–Trinajstić information content (AvgIpc) is 3.26. The summed E-state index contributed by atoms with van der Waals surface area (Å²) in [4.78, 5) is 1.30. The number of nitrogens with one attached hydrogen (secondary N) is 1. The van der Waals surface area contributed by atoms with Crippen LogP contribution in [0.3, 0.4) is 0 Å². The molecular weight excluding hydrogens is 342 g/mol. The maximum absolute atomic E-state index is 12.5. The van der Waals surface area contributed by atoms with Gasteiger partial charge in [-0.3, -0.25) is 0 Å². The molecule has 1 aliphatic carbocycles. The second-order valence-electron chi connectivity index (χ2n) is 6.39. The van der Waals surface area contributed by atoms with Crippen LogP contribution in [0, 0.1) is 0 Å². The molecule has 0 radical (unpaired) electrons. The maximum atomic E-state index is 12.5. The normalized spacial score (nSPS) is 17.0. The van der Waals surface area contributed by atoms with Crippen LogP contribution in [-0.2, 0) is 21.2 Å². The molecule has 6 heteroatoms. The van der Waals surface area contributed by atoms with E-state index < -0.39 is 10.0 Å². The number of thiophene rings is 1. The monoisotopic (exact) mass is 365 g/mol. The van der Waals surface area contributed by atoms with E-state index in [0.29, 0.717) is 6.54 Å². The van der Waals surface area contributed by atoms with Crippen molar-refractivity contribution in [1.82, 2.24) is 4.72 Å². The molecule has 1 N–H and O–H groups in total. The third-order valence-electron chi connectivity index (χ3n) is 4.75. The highest BCUT2D eigenvalue weighted by Crippen LogP contribution is 2.42. The fourth-order valence-electron chi connectivity index (χ4n) is 3.38. The van der Waals surface area contributed by atoms with Gasteiger partial charge in [0.1, 0.15) is 5.75 Å². The summed E-state index contributed by atoms with van der Waals surface area (Å²) in [6, 6.07) is 11.3. The predicted octanol–water partition coefficient (Wildman–Crippen LogP) is 3.69. The van der Waals surface area contributed by atoms with Crippen LogP contribution in [0.1, 0.15) is 36.1 Å². The summed E-state index contributed by atoms with van der Waals surface area (Å²) in [7, 11) is -1.76. The Morgan fingerprint density at radius 1 is 1.17 bits per heavy atom. The van der Waals surface area contributed by atoms with Crippen LogP contribution in [0.25, 0.3) is 0 Å². The van der Waals surface area contributed by atoms with Crippen LogP contribution in [0.15, 0.2) is 41.8 Å². The first-order valence-electron chi connectivity index (χ1n) is 8.17. The van der Waals surface area contributed by atoms with Crippen molar-refractivity contribution in [2.24, 2.45) is 0 Å². The van der Waals surface area contributed by atoms with Gasteiger partial charge < -0.3 is 4.74 Å². The van der Waals surface area contributed by atoms with Gasteiger partial charge in [-0.15, -0.1) is 11.3 Å². The summed E-state index contributed by atoms with van der Waals surface area (Å²) in [5.41, 5.74) is 0.737. The van der Waals surface area contributed by atoms with E-state index in [0.717, 1.165) is 37.0 Å². The molecule has 4 nitrogen and oxygen atoms in total. The molecule has 1 saturated carbocycles. The molecular formula is C18H23NO3S2. The first-order valence-corrected chi connectivity index (χ1v) is 10.7. The minimum Gasteiger partial charge on any atom is -0.497 e. The van der Waals surface area contributed by atoms with E-state index in [-0.39, 0.29) is 11.2 Å². The lowest BCUT2D eigenvalue weighted by Crippen LogP contribution is -2.39. The predicted molar refractivity (Wildman–Crippen MR) is 98.1 cm³/mol. The average molecular weight is 366 g/mol. The van der Waals surface area contributed by atoms with Crippen molar-refractivity contribution < 1.29 is 13.2 Å². The summed E-state index contributed by atoms with van der Waals surface area (Å²) < 4.78 is 32.9. The van der Waals surface area contributed by atoms with E-state index in [2.05, 4.69) is 16.2 Å². The van der Waals surface area contributed by atoms with E-state index in [4.69, 9.17) is 4.74 Å². The Labute approximate surface area is 147 Å². The van der Waals surface area contributed by atoms with Crippen LogP contribution in [0.5, 0.6) is 5.75 Å². The van der Waals surface area contributed by atoms with Crippen LogP contribution >= 0.6 is 11.3 Å². The van der Waals surface area contributed by atoms with Crippen molar-refractivity contribution in [2.75, 3.05) is 13.7 Å². The molecule has 0 unspecified atom stereocenters. The Bertz CT molecular complexity index is 746. The Kier molecular flexibility index (Phi) is 5.27. The quantitative estimate of drug-likeness (QED) is 0.814. The van der Waals surface area contributed by atoms with Crippen LogP contribution in [0.4, 0.5) is 0 Å². The Morgan fingerprint density at radius 3 is 2.46 bits per heavy atom. The molecule has 0 atom stereocenters. The molecule has 0 spiro atoms. The highest BCUT2D eigenvalue weighted by Gasteiger charge is 2.37. The SMILES string of the molecule is COc1ccc(CS(=O)(=O)NCC2(c3cccs3)CCCC2)cc1. The van der Waals surface area contributed by atoms with Gasteiger partial charge in [-0.2, -0.15) is 0 Å². The first kappa shape index (κ1) is 17.5. The Morgan fingerprint density at radius 2 is 1.88 bits per heavy atom. The molecule has 1 aromatic carbocycles. The van der Waals surface area contributed by atoms with E-state index in [1.54, 1.807) is 42.7 Å². The first-order chi connectivity index (χ1) is 11.5. The summed E-state index contributed by atoms with van der Waals surface area (Å²) in [5.74, 6) is 0.726. The molecule has 0 amide bonds. The van der Waals surface area contributed by atoms with Crippen molar-refractivity contribution in [3.05, 3.63) is 52.2 Å². The van der Waals surface area contributed by atoms with Gasteiger partial charge in [-0.25, -0.2) is 13.1 Å². The number of hydrogen-bond acceptors (Lipinski definition) is 4. The third-order valence-corrected chi connectivity index (χ3v) is 7.16. The van der Waals surface area contributed by atoms with Crippen molar-refractivity contribution >= 4 is 21.4 Å². The fraction of sp³-hybridized carbons (Fsp3) is 0.444. The third kappa shape index (κ3) is 3.99. The van der Waals surface area contributed by atoms with Gasteiger partial charge in [0.05, 0.1) is 12.9 Å². The van der Waals surface area contributed by atoms with Crippen molar-refractivity contribution in [3.8, 4) is 5.75 Å². The maximum Gasteiger partial charge on any atom is 0.215 e. The van der Waals surface area contributed by atoms with Crippen LogP contribution in [0.2, 0.25) is 0 Å². The zero-order valence-corrected chi connectivity index (χ0v) is 15.5. The zero-order chi connectivity index (χ0) is 17.0. The van der Waals surface area contributed by atoms with Gasteiger partial charge in [0.15, 0.2) is 0 Å². The lowest BCUT2D eigenvalue weighted by Gasteiger charge is -2.28. The number of sulfonamides is 1. The van der Waals surface area contributed by atoms with E-state index >= 15 is 0 Å². The smallest absolute Gasteiger partial charge is 0.215 e. The number of ether oxygens (including phenoxy) is 1. The van der Waals surface area contributed by atoms with Crippen LogP contribution in [-0.4, -0.2) is 22.1 Å². The lowest BCUT2D eigenvalue weighted by molar-refractivity contribution is 0.414. The van der Waals surface area contributed by atoms with E-state index in [1.807, 2.05) is 6.07 Å². The number of benzene rings is 1. The highest BCUT2D eigenvalue weighted by atomic mass is 32.2.